The lowest BCUT2D eigenvalue weighted by Gasteiger charge is -2.30. The lowest BCUT2D eigenvalue weighted by Crippen LogP contribution is -2.49. The van der Waals surface area contributed by atoms with Gasteiger partial charge in [-0.25, -0.2) is 8.42 Å². The van der Waals surface area contributed by atoms with E-state index in [0.717, 1.165) is 19.4 Å². The predicted octanol–water partition coefficient (Wildman–Crippen LogP) is -0.778. The van der Waals surface area contributed by atoms with Gasteiger partial charge in [0.1, 0.15) is 0 Å². The molecule has 2 aliphatic rings. The van der Waals surface area contributed by atoms with Crippen molar-refractivity contribution in [2.24, 2.45) is 5.73 Å². The first kappa shape index (κ1) is 12.3. The molecular weight excluding hydrogens is 228 g/mol. The first-order valence-electron chi connectivity index (χ1n) is 5.74. The van der Waals surface area contributed by atoms with E-state index in [1.807, 2.05) is 0 Å². The summed E-state index contributed by atoms with van der Waals surface area (Å²) in [7, 11) is -1.26. The van der Waals surface area contributed by atoms with Crippen LogP contribution >= 0.6 is 0 Å². The molecule has 2 N–H and O–H groups in total. The summed E-state index contributed by atoms with van der Waals surface area (Å²) in [4.78, 5) is 2.23. The summed E-state index contributed by atoms with van der Waals surface area (Å²) < 4.78 is 28.1. The van der Waals surface area contributed by atoms with E-state index in [-0.39, 0.29) is 23.6 Å². The monoisotopic (exact) mass is 248 g/mol. The number of nitrogens with two attached hydrogens (primary N) is 1. The molecule has 2 unspecified atom stereocenters. The standard InChI is InChI=1S/C10H20N2O3S/c1-15-5-4-12(8-2-3-8)10-7-16(13,14)6-9(10)11/h8-10H,2-7,11H2,1H3. The summed E-state index contributed by atoms with van der Waals surface area (Å²) in [5, 5.41) is 0. The van der Waals surface area contributed by atoms with Gasteiger partial charge in [0.25, 0.3) is 0 Å². The summed E-state index contributed by atoms with van der Waals surface area (Å²) >= 11 is 0. The summed E-state index contributed by atoms with van der Waals surface area (Å²) in [6.45, 7) is 1.43. The van der Waals surface area contributed by atoms with E-state index in [2.05, 4.69) is 4.90 Å². The van der Waals surface area contributed by atoms with E-state index in [0.29, 0.717) is 12.6 Å². The maximum atomic E-state index is 11.5. The highest BCUT2D eigenvalue weighted by Crippen LogP contribution is 2.31. The van der Waals surface area contributed by atoms with Gasteiger partial charge in [0, 0.05) is 31.8 Å². The molecule has 1 heterocycles. The molecule has 2 rings (SSSR count). The van der Waals surface area contributed by atoms with Crippen LogP contribution in [-0.4, -0.2) is 63.2 Å². The Labute approximate surface area is 96.9 Å². The van der Waals surface area contributed by atoms with Gasteiger partial charge in [-0.15, -0.1) is 0 Å². The van der Waals surface area contributed by atoms with Gasteiger partial charge in [0.2, 0.25) is 0 Å². The molecule has 0 amide bonds. The van der Waals surface area contributed by atoms with Crippen LogP contribution < -0.4 is 5.73 Å². The maximum absolute atomic E-state index is 11.5. The normalized spacial score (nSPS) is 33.4. The van der Waals surface area contributed by atoms with Crippen LogP contribution in [0.4, 0.5) is 0 Å². The Morgan fingerprint density at radius 1 is 1.38 bits per heavy atom. The fourth-order valence-electron chi connectivity index (χ4n) is 2.42. The van der Waals surface area contributed by atoms with E-state index < -0.39 is 9.84 Å². The SMILES string of the molecule is COCCN(C1CC1)C1CS(=O)(=O)CC1N. The Kier molecular flexibility index (Phi) is 3.53. The molecule has 0 radical (unpaired) electrons. The Morgan fingerprint density at radius 3 is 2.50 bits per heavy atom. The van der Waals surface area contributed by atoms with Gasteiger partial charge < -0.3 is 10.5 Å². The van der Waals surface area contributed by atoms with E-state index in [4.69, 9.17) is 10.5 Å². The number of methoxy groups -OCH3 is 1. The molecule has 6 heteroatoms. The van der Waals surface area contributed by atoms with Gasteiger partial charge in [-0.2, -0.15) is 0 Å². The Morgan fingerprint density at radius 2 is 2.06 bits per heavy atom. The van der Waals surface area contributed by atoms with E-state index in [1.165, 1.54) is 0 Å². The minimum atomic E-state index is -2.93. The van der Waals surface area contributed by atoms with Crippen LogP contribution in [0.2, 0.25) is 0 Å². The molecule has 0 aromatic rings. The van der Waals surface area contributed by atoms with Crippen LogP contribution in [0.15, 0.2) is 0 Å². The Hall–Kier alpha value is -0.170. The van der Waals surface area contributed by atoms with Crippen molar-refractivity contribution >= 4 is 9.84 Å². The van der Waals surface area contributed by atoms with E-state index in [9.17, 15) is 8.42 Å². The number of nitrogens with zero attached hydrogens (tertiary/aromatic N) is 1. The first-order valence-corrected chi connectivity index (χ1v) is 7.56. The summed E-state index contributed by atoms with van der Waals surface area (Å²) in [6, 6.07) is 0.287. The lowest BCUT2D eigenvalue weighted by atomic mass is 10.1. The third-order valence-corrected chi connectivity index (χ3v) is 5.10. The van der Waals surface area contributed by atoms with Crippen LogP contribution in [0, 0.1) is 0 Å². The summed E-state index contributed by atoms with van der Waals surface area (Å²) in [5.74, 6) is 0.349. The minimum Gasteiger partial charge on any atom is -0.383 e. The Bertz CT molecular complexity index is 340. The van der Waals surface area contributed by atoms with Gasteiger partial charge in [-0.05, 0) is 12.8 Å². The second-order valence-corrected chi connectivity index (χ2v) is 6.92. The van der Waals surface area contributed by atoms with Crippen molar-refractivity contribution in [2.75, 3.05) is 31.8 Å². The fourth-order valence-corrected chi connectivity index (χ4v) is 4.32. The quantitative estimate of drug-likeness (QED) is 0.691. The van der Waals surface area contributed by atoms with Crippen molar-refractivity contribution in [3.63, 3.8) is 0 Å². The zero-order valence-corrected chi connectivity index (χ0v) is 10.4. The highest BCUT2D eigenvalue weighted by atomic mass is 32.2. The van der Waals surface area contributed by atoms with Crippen molar-refractivity contribution < 1.29 is 13.2 Å². The molecule has 94 valence electrons. The van der Waals surface area contributed by atoms with Gasteiger partial charge >= 0.3 is 0 Å². The van der Waals surface area contributed by atoms with Gasteiger partial charge in [0.15, 0.2) is 9.84 Å². The average molecular weight is 248 g/mol. The van der Waals surface area contributed by atoms with Crippen LogP contribution in [0.3, 0.4) is 0 Å². The van der Waals surface area contributed by atoms with Crippen molar-refractivity contribution in [3.8, 4) is 0 Å². The van der Waals surface area contributed by atoms with Crippen LogP contribution in [0.25, 0.3) is 0 Å². The minimum absolute atomic E-state index is 0.00681. The number of rotatable bonds is 5. The second-order valence-electron chi connectivity index (χ2n) is 4.77. The molecule has 16 heavy (non-hydrogen) atoms. The topological polar surface area (TPSA) is 72.6 Å². The molecular formula is C10H20N2O3S. The largest absolute Gasteiger partial charge is 0.383 e. The smallest absolute Gasteiger partial charge is 0.153 e. The summed E-state index contributed by atoms with van der Waals surface area (Å²) in [6.07, 6.45) is 2.32. The highest BCUT2D eigenvalue weighted by molar-refractivity contribution is 7.91. The third-order valence-electron chi connectivity index (χ3n) is 3.36. The average Bonchev–Trinajstić information content (AvgIpc) is 2.95. The number of hydrogen-bond acceptors (Lipinski definition) is 5. The van der Waals surface area contributed by atoms with Crippen molar-refractivity contribution in [3.05, 3.63) is 0 Å². The van der Waals surface area contributed by atoms with E-state index >= 15 is 0 Å². The molecule has 2 fully saturated rings. The third kappa shape index (κ3) is 2.74. The molecule has 0 spiro atoms. The van der Waals surface area contributed by atoms with Crippen molar-refractivity contribution in [1.82, 2.24) is 4.90 Å². The van der Waals surface area contributed by atoms with E-state index in [1.54, 1.807) is 7.11 Å². The van der Waals surface area contributed by atoms with Crippen LogP contribution in [-0.2, 0) is 14.6 Å². The summed E-state index contributed by atoms with van der Waals surface area (Å²) in [5.41, 5.74) is 5.93. The molecule has 2 atom stereocenters. The van der Waals surface area contributed by atoms with Gasteiger partial charge in [-0.1, -0.05) is 0 Å². The molecule has 1 aliphatic heterocycles. The molecule has 5 nitrogen and oxygen atoms in total. The van der Waals surface area contributed by atoms with Gasteiger partial charge in [0.05, 0.1) is 18.1 Å². The van der Waals surface area contributed by atoms with Crippen LogP contribution in [0.1, 0.15) is 12.8 Å². The Balaban J connectivity index is 2.02. The molecule has 1 saturated carbocycles. The molecule has 0 bridgehead atoms. The zero-order valence-electron chi connectivity index (χ0n) is 9.63. The molecule has 0 aromatic heterocycles. The predicted molar refractivity (Wildman–Crippen MR) is 62.0 cm³/mol. The molecule has 0 aromatic carbocycles. The van der Waals surface area contributed by atoms with Gasteiger partial charge in [-0.3, -0.25) is 4.90 Å². The molecule has 1 aliphatic carbocycles. The zero-order chi connectivity index (χ0) is 11.8. The lowest BCUT2D eigenvalue weighted by molar-refractivity contribution is 0.115. The second kappa shape index (κ2) is 4.60. The van der Waals surface area contributed by atoms with Crippen molar-refractivity contribution in [2.45, 2.75) is 31.0 Å². The first-order chi connectivity index (χ1) is 7.53. The van der Waals surface area contributed by atoms with Crippen LogP contribution in [0.5, 0.6) is 0 Å². The fraction of sp³-hybridized carbons (Fsp3) is 1.00. The van der Waals surface area contributed by atoms with Crippen molar-refractivity contribution in [1.29, 1.82) is 0 Å². The maximum Gasteiger partial charge on any atom is 0.153 e. The number of hydrogen-bond donors (Lipinski definition) is 1. The highest BCUT2D eigenvalue weighted by Gasteiger charge is 2.43. The number of ether oxygens (including phenoxy) is 1. The molecule has 1 saturated heterocycles. The number of sulfone groups is 1.